The summed E-state index contributed by atoms with van der Waals surface area (Å²) in [5.41, 5.74) is 0.0992. The molecule has 450 valence electrons. The molecule has 78 heavy (non-hydrogen) atoms. The summed E-state index contributed by atoms with van der Waals surface area (Å²) in [5, 5.41) is 80.0. The van der Waals surface area contributed by atoms with Gasteiger partial charge in [-0.25, -0.2) is 4.79 Å². The molecule has 0 aromatic rings. The van der Waals surface area contributed by atoms with Crippen LogP contribution in [-0.2, 0) is 76.0 Å². The second kappa shape index (κ2) is 31.5. The number of unbranched alkanes of at least 4 members (excludes halogenated alkanes) is 2. The van der Waals surface area contributed by atoms with Gasteiger partial charge in [0.25, 0.3) is 0 Å². The third-order valence-electron chi connectivity index (χ3n) is 15.7. The van der Waals surface area contributed by atoms with Gasteiger partial charge in [0.1, 0.15) is 67.6 Å². The fraction of sp³-hybridized carbons (Fsp3) is 0.891. The maximum Gasteiger partial charge on any atom is 0.333 e. The Balaban J connectivity index is 1.59. The number of aliphatic hydroxyl groups is 7. The summed E-state index contributed by atoms with van der Waals surface area (Å²) in [4.78, 5) is 53.8. The number of hydrogen-bond donors (Lipinski definition) is 7. The lowest BCUT2D eigenvalue weighted by molar-refractivity contribution is -0.399. The summed E-state index contributed by atoms with van der Waals surface area (Å²) in [5.74, 6) is -4.64. The second-order valence-corrected chi connectivity index (χ2v) is 21.9. The molecule has 0 aromatic carbocycles. The van der Waals surface area contributed by atoms with Crippen LogP contribution in [0.15, 0.2) is 11.6 Å². The highest BCUT2D eigenvalue weighted by Crippen LogP contribution is 2.38. The van der Waals surface area contributed by atoms with E-state index in [1.54, 1.807) is 27.7 Å². The number of ether oxygens (including phenoxy) is 12. The average Bonchev–Trinajstić information content (AvgIpc) is 3.47. The highest BCUT2D eigenvalue weighted by molar-refractivity contribution is 5.87. The van der Waals surface area contributed by atoms with Crippen molar-refractivity contribution >= 4 is 23.9 Å². The van der Waals surface area contributed by atoms with Crippen LogP contribution >= 0.6 is 0 Å². The fourth-order valence-electron chi connectivity index (χ4n) is 9.90. The van der Waals surface area contributed by atoms with Gasteiger partial charge in [-0.3, -0.25) is 14.4 Å². The van der Waals surface area contributed by atoms with Crippen LogP contribution in [0, 0.1) is 11.8 Å². The number of fused-ring (bicyclic) bond motifs is 4. The number of carbonyl (C=O) groups is 4. The molecule has 5 fully saturated rings. The molecule has 0 spiro atoms. The lowest BCUT2D eigenvalue weighted by atomic mass is 9.95. The quantitative estimate of drug-likeness (QED) is 0.0536. The van der Waals surface area contributed by atoms with Gasteiger partial charge >= 0.3 is 23.9 Å². The van der Waals surface area contributed by atoms with Crippen LogP contribution < -0.4 is 0 Å². The summed E-state index contributed by atoms with van der Waals surface area (Å²) < 4.78 is 74.5. The Bertz CT molecular complexity index is 1890. The minimum Gasteiger partial charge on any atom is -0.463 e. The van der Waals surface area contributed by atoms with E-state index in [1.165, 1.54) is 40.7 Å². The molecule has 0 saturated carbocycles. The van der Waals surface area contributed by atoms with Gasteiger partial charge in [-0.2, -0.15) is 0 Å². The molecule has 5 aliphatic rings. The molecule has 23 heteroatoms. The van der Waals surface area contributed by atoms with Crippen molar-refractivity contribution in [3.8, 4) is 0 Å². The van der Waals surface area contributed by atoms with E-state index in [9.17, 15) is 54.9 Å². The predicted octanol–water partition coefficient (Wildman–Crippen LogP) is 3.06. The number of rotatable bonds is 15. The van der Waals surface area contributed by atoms with E-state index in [2.05, 4.69) is 6.92 Å². The van der Waals surface area contributed by atoms with Crippen LogP contribution in [0.2, 0.25) is 0 Å². The maximum absolute atomic E-state index is 14.1. The normalized spacial score (nSPS) is 40.2. The third kappa shape index (κ3) is 17.5. The van der Waals surface area contributed by atoms with Crippen molar-refractivity contribution in [3.63, 3.8) is 0 Å². The minimum atomic E-state index is -2.03. The van der Waals surface area contributed by atoms with E-state index in [0.717, 1.165) is 51.4 Å². The zero-order chi connectivity index (χ0) is 57.5. The Kier molecular flexibility index (Phi) is 26.5. The highest BCUT2D eigenvalue weighted by atomic mass is 16.8. The molecule has 2 bridgehead atoms. The Morgan fingerprint density at radius 3 is 1.88 bits per heavy atom. The summed E-state index contributed by atoms with van der Waals surface area (Å²) in [7, 11) is 0. The molecule has 5 saturated heterocycles. The zero-order valence-corrected chi connectivity index (χ0v) is 47.2. The lowest BCUT2D eigenvalue weighted by Gasteiger charge is -2.50. The van der Waals surface area contributed by atoms with E-state index in [1.807, 2.05) is 0 Å². The van der Waals surface area contributed by atoms with Gasteiger partial charge in [-0.15, -0.1) is 0 Å². The molecule has 0 aliphatic carbocycles. The summed E-state index contributed by atoms with van der Waals surface area (Å²) in [6, 6.07) is 0. The van der Waals surface area contributed by atoms with Gasteiger partial charge in [0.05, 0.1) is 42.4 Å². The molecular weight excluding hydrogens is 1030 g/mol. The Hall–Kier alpha value is -2.98. The van der Waals surface area contributed by atoms with E-state index >= 15 is 0 Å². The summed E-state index contributed by atoms with van der Waals surface area (Å²) in [6.07, 6.45) is -22.2. The van der Waals surface area contributed by atoms with Crippen molar-refractivity contribution in [3.05, 3.63) is 11.6 Å². The highest BCUT2D eigenvalue weighted by Gasteiger charge is 2.58. The van der Waals surface area contributed by atoms with E-state index in [4.69, 9.17) is 56.8 Å². The predicted molar refractivity (Wildman–Crippen MR) is 273 cm³/mol. The van der Waals surface area contributed by atoms with Gasteiger partial charge < -0.3 is 92.6 Å². The van der Waals surface area contributed by atoms with Gasteiger partial charge in [-0.1, -0.05) is 84.6 Å². The minimum absolute atomic E-state index is 0.0759. The van der Waals surface area contributed by atoms with Crippen LogP contribution in [0.3, 0.4) is 0 Å². The Labute approximate surface area is 458 Å². The molecule has 5 aliphatic heterocycles. The first-order valence-corrected chi connectivity index (χ1v) is 28.4. The van der Waals surface area contributed by atoms with E-state index < -0.39 is 171 Å². The molecular formula is C55H92O23. The number of esters is 4. The smallest absolute Gasteiger partial charge is 0.333 e. The first-order chi connectivity index (χ1) is 37.0. The SMILES string of the molecule is CC=C(C)C(=O)OC1C2OC(C)C(OC3OC(C)C(OC(=O)C(C)CC)C(O)C3O)C1OC(=O)CCCCCCCCCC(CCCCC)OC1OC(C)C(O)C(O)C1OC1OC(COC(=O)C(C)C(C)O)C(O)C(O)C1O2. The molecule has 24 atom stereocenters. The second-order valence-electron chi connectivity index (χ2n) is 21.9. The van der Waals surface area contributed by atoms with Crippen molar-refractivity contribution in [2.45, 2.75) is 294 Å². The molecule has 0 radical (unpaired) electrons. The maximum atomic E-state index is 14.1. The average molecular weight is 1120 g/mol. The fourth-order valence-corrected chi connectivity index (χ4v) is 9.90. The number of aliphatic hydroxyl groups excluding tert-OH is 7. The van der Waals surface area contributed by atoms with Crippen LogP contribution in [0.1, 0.15) is 159 Å². The first-order valence-electron chi connectivity index (χ1n) is 28.4. The van der Waals surface area contributed by atoms with Crippen molar-refractivity contribution in [2.75, 3.05) is 6.61 Å². The number of allylic oxidation sites excluding steroid dienone is 1. The van der Waals surface area contributed by atoms with Gasteiger partial charge in [0.2, 0.25) is 0 Å². The van der Waals surface area contributed by atoms with E-state index in [0.29, 0.717) is 32.1 Å². The lowest BCUT2D eigenvalue weighted by Crippen LogP contribution is -2.68. The first kappa shape index (κ1) is 65.8. The Morgan fingerprint density at radius 2 is 1.24 bits per heavy atom. The standard InChI is InChI=1S/C55H92O23/c1-11-14-20-23-34-24-21-18-16-15-17-19-22-25-36(57)73-47-44(76-52-42(63)41(62)43(32(9)69-52)74-49(64)27(4)12-2)33(10)70-55(48(47)75-50(65)28(5)13-3)78-46-40(61)38(59)35(26-67-51(66)29(6)30(7)56)72-54(46)77-45-39(60)37(58)31(8)68-53(45)71-34/h13,27,29-35,37-48,52-56,58-63H,11-12,14-26H2,1-10H3. The molecule has 0 amide bonds. The van der Waals surface area contributed by atoms with Crippen molar-refractivity contribution in [2.24, 2.45) is 11.8 Å². The largest absolute Gasteiger partial charge is 0.463 e. The molecule has 0 aromatic heterocycles. The monoisotopic (exact) mass is 1120 g/mol. The van der Waals surface area contributed by atoms with Crippen LogP contribution in [0.25, 0.3) is 0 Å². The molecule has 24 unspecified atom stereocenters. The topological polar surface area (TPSA) is 321 Å². The van der Waals surface area contributed by atoms with Crippen LogP contribution in [0.5, 0.6) is 0 Å². The molecule has 5 rings (SSSR count). The summed E-state index contributed by atoms with van der Waals surface area (Å²) >= 11 is 0. The van der Waals surface area contributed by atoms with Gasteiger partial charge in [0, 0.05) is 12.0 Å². The van der Waals surface area contributed by atoms with Crippen molar-refractivity contribution in [1.29, 1.82) is 0 Å². The van der Waals surface area contributed by atoms with Crippen LogP contribution in [-0.4, -0.2) is 201 Å². The molecule has 5 heterocycles. The molecule has 23 nitrogen and oxygen atoms in total. The van der Waals surface area contributed by atoms with Crippen molar-refractivity contribution < 1.29 is 112 Å². The molecule has 7 N–H and O–H groups in total. The third-order valence-corrected chi connectivity index (χ3v) is 15.7. The van der Waals surface area contributed by atoms with E-state index in [-0.39, 0.29) is 18.1 Å². The van der Waals surface area contributed by atoms with Crippen LogP contribution in [0.4, 0.5) is 0 Å². The van der Waals surface area contributed by atoms with Gasteiger partial charge in [0.15, 0.2) is 43.5 Å². The zero-order valence-electron chi connectivity index (χ0n) is 47.2. The van der Waals surface area contributed by atoms with Gasteiger partial charge in [-0.05, 0) is 74.1 Å². The number of carbonyl (C=O) groups excluding carboxylic acids is 4. The Morgan fingerprint density at radius 1 is 0.641 bits per heavy atom. The summed E-state index contributed by atoms with van der Waals surface area (Å²) in [6.45, 7) is 15.3. The number of hydrogen-bond acceptors (Lipinski definition) is 23. The van der Waals surface area contributed by atoms with Crippen molar-refractivity contribution in [1.82, 2.24) is 0 Å².